The number of carbonyl (C=O) groups excluding carboxylic acids is 1. The topological polar surface area (TPSA) is 85.6 Å². The highest BCUT2D eigenvalue weighted by Gasteiger charge is 2.11. The molecule has 2 aromatic heterocycles. The van der Waals surface area contributed by atoms with E-state index in [1.54, 1.807) is 24.0 Å². The molecule has 9 heteroatoms. The molecule has 0 aliphatic carbocycles. The summed E-state index contributed by atoms with van der Waals surface area (Å²) in [6.07, 6.45) is 5.01. The van der Waals surface area contributed by atoms with Gasteiger partial charge in [0.15, 0.2) is 0 Å². The van der Waals surface area contributed by atoms with E-state index in [9.17, 15) is 4.79 Å². The maximum atomic E-state index is 12.6. The summed E-state index contributed by atoms with van der Waals surface area (Å²) in [4.78, 5) is 17.8. The number of hydrogen-bond donors (Lipinski definition) is 1. The number of carbonyl (C=O) groups is 1. The lowest BCUT2D eigenvalue weighted by Gasteiger charge is -2.09. The van der Waals surface area contributed by atoms with E-state index in [2.05, 4.69) is 41.8 Å². The second-order valence-electron chi connectivity index (χ2n) is 6.07. The third-order valence-electron chi connectivity index (χ3n) is 4.06. The molecule has 29 heavy (non-hydrogen) atoms. The van der Waals surface area contributed by atoms with Gasteiger partial charge in [0.1, 0.15) is 0 Å². The van der Waals surface area contributed by atoms with Crippen LogP contribution in [-0.2, 0) is 11.8 Å². The summed E-state index contributed by atoms with van der Waals surface area (Å²) >= 11 is 4.82. The summed E-state index contributed by atoms with van der Waals surface area (Å²) in [5.41, 5.74) is 2.40. The van der Waals surface area contributed by atoms with Crippen LogP contribution >= 0.6 is 27.7 Å². The fourth-order valence-electron chi connectivity index (χ4n) is 2.70. The molecule has 4 aromatic rings. The third-order valence-corrected chi connectivity index (χ3v) is 5.66. The molecule has 144 valence electrons. The molecular weight excluding hydrogens is 452 g/mol. The van der Waals surface area contributed by atoms with Gasteiger partial charge in [-0.15, -0.1) is 5.10 Å². The van der Waals surface area contributed by atoms with E-state index in [0.717, 1.165) is 25.8 Å². The van der Waals surface area contributed by atoms with Gasteiger partial charge in [0.25, 0.3) is 0 Å². The molecule has 2 aromatic carbocycles. The van der Waals surface area contributed by atoms with Gasteiger partial charge in [-0.3, -0.25) is 9.78 Å². The summed E-state index contributed by atoms with van der Waals surface area (Å²) in [5, 5.41) is 16.0. The normalized spacial score (nSPS) is 11.2. The number of fused-ring (bicyclic) bond motifs is 1. The van der Waals surface area contributed by atoms with Gasteiger partial charge in [-0.1, -0.05) is 40.2 Å². The number of aromatic nitrogens is 5. The number of pyridine rings is 1. The fraction of sp³-hybridized carbons (Fsp3) is 0.0500. The van der Waals surface area contributed by atoms with Crippen LogP contribution in [0.1, 0.15) is 5.56 Å². The molecule has 0 spiro atoms. The Labute approximate surface area is 179 Å². The quantitative estimate of drug-likeness (QED) is 0.440. The first-order valence-electron chi connectivity index (χ1n) is 8.63. The van der Waals surface area contributed by atoms with E-state index in [4.69, 9.17) is 0 Å². The van der Waals surface area contributed by atoms with Gasteiger partial charge in [0.2, 0.25) is 11.1 Å². The van der Waals surface area contributed by atoms with Crippen molar-refractivity contribution in [2.45, 2.75) is 10.1 Å². The van der Waals surface area contributed by atoms with E-state index in [1.807, 2.05) is 48.5 Å². The van der Waals surface area contributed by atoms with Crippen LogP contribution in [0.4, 0.5) is 5.69 Å². The van der Waals surface area contributed by atoms with Crippen LogP contribution < -0.4 is 5.32 Å². The zero-order valence-electron chi connectivity index (χ0n) is 15.3. The molecule has 1 amide bonds. The Morgan fingerprint density at radius 2 is 2.07 bits per heavy atom. The van der Waals surface area contributed by atoms with Gasteiger partial charge < -0.3 is 5.32 Å². The fourth-order valence-corrected chi connectivity index (χ4v) is 3.86. The Kier molecular flexibility index (Phi) is 5.68. The van der Waals surface area contributed by atoms with E-state index >= 15 is 0 Å². The SMILES string of the molecule is Cn1nnnc1Sc1ccc(Br)cc1NC(=O)/C=C/c1cccc2cccnc12. The minimum atomic E-state index is -0.242. The number of rotatable bonds is 5. The summed E-state index contributed by atoms with van der Waals surface area (Å²) in [7, 11) is 1.76. The van der Waals surface area contributed by atoms with Crippen LogP contribution in [-0.4, -0.2) is 31.1 Å². The van der Waals surface area contributed by atoms with Gasteiger partial charge in [-0.2, -0.15) is 0 Å². The number of nitrogens with one attached hydrogen (secondary N) is 1. The molecule has 7 nitrogen and oxygen atoms in total. The first-order valence-corrected chi connectivity index (χ1v) is 10.2. The number of amides is 1. The first kappa shape index (κ1) is 19.3. The van der Waals surface area contributed by atoms with Gasteiger partial charge in [-0.05, 0) is 52.5 Å². The average Bonchev–Trinajstić information content (AvgIpc) is 3.13. The first-order chi connectivity index (χ1) is 14.1. The Bertz CT molecular complexity index is 1220. The lowest BCUT2D eigenvalue weighted by atomic mass is 10.1. The van der Waals surface area contributed by atoms with Crippen LogP contribution in [0, 0.1) is 0 Å². The van der Waals surface area contributed by atoms with E-state index in [1.165, 1.54) is 17.8 Å². The maximum absolute atomic E-state index is 12.6. The van der Waals surface area contributed by atoms with Crippen molar-refractivity contribution in [2.75, 3.05) is 5.32 Å². The van der Waals surface area contributed by atoms with Crippen molar-refractivity contribution >= 4 is 56.3 Å². The molecular formula is C20H15BrN6OS. The Balaban J connectivity index is 1.56. The molecule has 0 saturated heterocycles. The van der Waals surface area contributed by atoms with Crippen LogP contribution in [0.3, 0.4) is 0 Å². The number of anilines is 1. The smallest absolute Gasteiger partial charge is 0.248 e. The molecule has 0 bridgehead atoms. The molecule has 0 aliphatic heterocycles. The molecule has 0 radical (unpaired) electrons. The Hall–Kier alpha value is -3.04. The average molecular weight is 467 g/mol. The molecule has 0 fully saturated rings. The molecule has 0 atom stereocenters. The Morgan fingerprint density at radius 1 is 1.21 bits per heavy atom. The lowest BCUT2D eigenvalue weighted by molar-refractivity contribution is -0.111. The van der Waals surface area contributed by atoms with Crippen molar-refractivity contribution in [3.05, 3.63) is 70.8 Å². The van der Waals surface area contributed by atoms with Crippen LogP contribution in [0.5, 0.6) is 0 Å². The second kappa shape index (κ2) is 8.54. The standard InChI is InChI=1S/C20H15BrN6OS/c1-27-20(24-25-26-27)29-17-9-8-15(21)12-16(17)23-18(28)10-7-14-5-2-4-13-6-3-11-22-19(13)14/h2-12H,1H3,(H,23,28)/b10-7+. The number of aryl methyl sites for hydroxylation is 1. The summed E-state index contributed by atoms with van der Waals surface area (Å²) in [6, 6.07) is 15.4. The van der Waals surface area contributed by atoms with E-state index in [-0.39, 0.29) is 5.91 Å². The number of para-hydroxylation sites is 1. The highest BCUT2D eigenvalue weighted by molar-refractivity contribution is 9.10. The highest BCUT2D eigenvalue weighted by atomic mass is 79.9. The van der Waals surface area contributed by atoms with Crippen molar-refractivity contribution in [1.29, 1.82) is 0 Å². The van der Waals surface area contributed by atoms with Crippen molar-refractivity contribution in [3.8, 4) is 0 Å². The molecule has 0 aliphatic rings. The summed E-state index contributed by atoms with van der Waals surface area (Å²) in [6.45, 7) is 0. The van der Waals surface area contributed by atoms with Gasteiger partial charge in [0, 0.05) is 39.6 Å². The number of benzene rings is 2. The monoisotopic (exact) mass is 466 g/mol. The largest absolute Gasteiger partial charge is 0.321 e. The van der Waals surface area contributed by atoms with Crippen molar-refractivity contribution in [2.24, 2.45) is 7.05 Å². The van der Waals surface area contributed by atoms with Crippen LogP contribution in [0.15, 0.2) is 75.3 Å². The van der Waals surface area contributed by atoms with Gasteiger partial charge in [-0.25, -0.2) is 4.68 Å². The van der Waals surface area contributed by atoms with Crippen molar-refractivity contribution < 1.29 is 4.79 Å². The summed E-state index contributed by atoms with van der Waals surface area (Å²) in [5.74, 6) is -0.242. The molecule has 0 saturated carbocycles. The molecule has 4 rings (SSSR count). The predicted molar refractivity (Wildman–Crippen MR) is 116 cm³/mol. The maximum Gasteiger partial charge on any atom is 0.248 e. The van der Waals surface area contributed by atoms with E-state index < -0.39 is 0 Å². The second-order valence-corrected chi connectivity index (χ2v) is 8.00. The molecule has 2 heterocycles. The molecule has 0 unspecified atom stereocenters. The number of hydrogen-bond acceptors (Lipinski definition) is 6. The lowest BCUT2D eigenvalue weighted by Crippen LogP contribution is -2.09. The zero-order chi connectivity index (χ0) is 20.2. The number of nitrogens with zero attached hydrogens (tertiary/aromatic N) is 5. The van der Waals surface area contributed by atoms with Crippen LogP contribution in [0.25, 0.3) is 17.0 Å². The van der Waals surface area contributed by atoms with Crippen LogP contribution in [0.2, 0.25) is 0 Å². The summed E-state index contributed by atoms with van der Waals surface area (Å²) < 4.78 is 2.43. The van der Waals surface area contributed by atoms with Gasteiger partial charge >= 0.3 is 0 Å². The zero-order valence-corrected chi connectivity index (χ0v) is 17.7. The van der Waals surface area contributed by atoms with Crippen molar-refractivity contribution in [1.82, 2.24) is 25.2 Å². The predicted octanol–water partition coefficient (Wildman–Crippen LogP) is 4.32. The minimum absolute atomic E-state index is 0.242. The third kappa shape index (κ3) is 4.52. The molecule has 1 N–H and O–H groups in total. The number of tetrazole rings is 1. The Morgan fingerprint density at radius 3 is 2.90 bits per heavy atom. The minimum Gasteiger partial charge on any atom is -0.321 e. The highest BCUT2D eigenvalue weighted by Crippen LogP contribution is 2.33. The number of halogens is 1. The van der Waals surface area contributed by atoms with E-state index in [0.29, 0.717) is 10.8 Å². The van der Waals surface area contributed by atoms with Gasteiger partial charge in [0.05, 0.1) is 11.2 Å². The van der Waals surface area contributed by atoms with Crippen molar-refractivity contribution in [3.63, 3.8) is 0 Å².